The molecule has 1 aromatic rings. The molecule has 3 nitrogen and oxygen atoms in total. The summed E-state index contributed by atoms with van der Waals surface area (Å²) in [5.41, 5.74) is 1.21. The quantitative estimate of drug-likeness (QED) is 0.875. The van der Waals surface area contributed by atoms with Gasteiger partial charge in [0.2, 0.25) is 0 Å². The molecule has 0 heterocycles. The fourth-order valence-electron chi connectivity index (χ4n) is 1.76. The molecule has 0 aliphatic rings. The molecule has 4 heteroatoms. The highest BCUT2D eigenvalue weighted by Crippen LogP contribution is 2.27. The van der Waals surface area contributed by atoms with Crippen molar-refractivity contribution in [2.75, 3.05) is 20.8 Å². The van der Waals surface area contributed by atoms with Crippen LogP contribution >= 0.6 is 15.9 Å². The van der Waals surface area contributed by atoms with Gasteiger partial charge in [-0.3, -0.25) is 4.90 Å². The molecule has 0 unspecified atom stereocenters. The lowest BCUT2D eigenvalue weighted by molar-refractivity contribution is 0.110. The summed E-state index contributed by atoms with van der Waals surface area (Å²) in [4.78, 5) is 2.25. The molecule has 0 atom stereocenters. The van der Waals surface area contributed by atoms with Crippen LogP contribution in [0.4, 0.5) is 0 Å². The van der Waals surface area contributed by atoms with Gasteiger partial charge in [0.15, 0.2) is 0 Å². The summed E-state index contributed by atoms with van der Waals surface area (Å²) in [5, 5.41) is 9.08. The standard InChI is InChI=1S/C14H22BrNO2/c1-14(2,7-8-17)16(3)10-11-5-6-13(18-4)12(15)9-11/h5-6,9,17H,7-8,10H2,1-4H3. The van der Waals surface area contributed by atoms with E-state index in [1.807, 2.05) is 6.07 Å². The Morgan fingerprint density at radius 3 is 2.56 bits per heavy atom. The maximum absolute atomic E-state index is 9.08. The van der Waals surface area contributed by atoms with Gasteiger partial charge < -0.3 is 9.84 Å². The van der Waals surface area contributed by atoms with Crippen LogP contribution in [0.5, 0.6) is 5.75 Å². The van der Waals surface area contributed by atoms with Crippen molar-refractivity contribution in [3.05, 3.63) is 28.2 Å². The summed E-state index contributed by atoms with van der Waals surface area (Å²) in [6.45, 7) is 5.34. The maximum atomic E-state index is 9.08. The monoisotopic (exact) mass is 315 g/mol. The third kappa shape index (κ3) is 3.97. The predicted octanol–water partition coefficient (Wildman–Crippen LogP) is 3.05. The summed E-state index contributed by atoms with van der Waals surface area (Å²) in [7, 11) is 3.74. The largest absolute Gasteiger partial charge is 0.496 e. The van der Waals surface area contributed by atoms with Crippen molar-refractivity contribution in [3.8, 4) is 5.75 Å². The van der Waals surface area contributed by atoms with Gasteiger partial charge in [-0.15, -0.1) is 0 Å². The topological polar surface area (TPSA) is 32.7 Å². The number of hydrogen-bond donors (Lipinski definition) is 1. The Morgan fingerprint density at radius 1 is 1.39 bits per heavy atom. The fraction of sp³-hybridized carbons (Fsp3) is 0.571. The minimum Gasteiger partial charge on any atom is -0.496 e. The van der Waals surface area contributed by atoms with Crippen LogP contribution in [-0.4, -0.2) is 36.3 Å². The number of halogens is 1. The van der Waals surface area contributed by atoms with Gasteiger partial charge in [-0.05, 0) is 60.9 Å². The zero-order valence-corrected chi connectivity index (χ0v) is 13.1. The van der Waals surface area contributed by atoms with E-state index in [2.05, 4.69) is 53.9 Å². The second-order valence-electron chi connectivity index (χ2n) is 5.11. The molecule has 0 aromatic heterocycles. The lowest BCUT2D eigenvalue weighted by atomic mass is 9.98. The van der Waals surface area contributed by atoms with E-state index in [4.69, 9.17) is 9.84 Å². The van der Waals surface area contributed by atoms with Gasteiger partial charge in [0.1, 0.15) is 5.75 Å². The first-order chi connectivity index (χ1) is 8.40. The zero-order valence-electron chi connectivity index (χ0n) is 11.5. The van der Waals surface area contributed by atoms with Crippen LogP contribution in [0, 0.1) is 0 Å². The molecule has 0 aliphatic heterocycles. The Hall–Kier alpha value is -0.580. The summed E-state index contributed by atoms with van der Waals surface area (Å²) >= 11 is 3.49. The third-order valence-corrected chi connectivity index (χ3v) is 4.01. The number of hydrogen-bond acceptors (Lipinski definition) is 3. The van der Waals surface area contributed by atoms with Crippen molar-refractivity contribution < 1.29 is 9.84 Å². The van der Waals surface area contributed by atoms with E-state index in [0.717, 1.165) is 23.2 Å². The van der Waals surface area contributed by atoms with Gasteiger partial charge in [0.05, 0.1) is 11.6 Å². The SMILES string of the molecule is COc1ccc(CN(C)C(C)(C)CCO)cc1Br. The number of aliphatic hydroxyl groups is 1. The predicted molar refractivity (Wildman–Crippen MR) is 77.9 cm³/mol. The first-order valence-electron chi connectivity index (χ1n) is 6.05. The zero-order chi connectivity index (χ0) is 13.8. The van der Waals surface area contributed by atoms with E-state index in [1.165, 1.54) is 5.56 Å². The van der Waals surface area contributed by atoms with Crippen LogP contribution in [-0.2, 0) is 6.54 Å². The van der Waals surface area contributed by atoms with E-state index in [9.17, 15) is 0 Å². The van der Waals surface area contributed by atoms with Crippen molar-refractivity contribution in [3.63, 3.8) is 0 Å². The van der Waals surface area contributed by atoms with Crippen molar-refractivity contribution in [2.45, 2.75) is 32.4 Å². The molecule has 102 valence electrons. The normalized spacial score (nSPS) is 11.9. The summed E-state index contributed by atoms with van der Waals surface area (Å²) < 4.78 is 6.19. The molecule has 1 rings (SSSR count). The summed E-state index contributed by atoms with van der Waals surface area (Å²) in [5.74, 6) is 0.844. The van der Waals surface area contributed by atoms with Crippen LogP contribution in [0.2, 0.25) is 0 Å². The van der Waals surface area contributed by atoms with Gasteiger partial charge in [-0.1, -0.05) is 6.07 Å². The van der Waals surface area contributed by atoms with Gasteiger partial charge in [0, 0.05) is 18.7 Å². The van der Waals surface area contributed by atoms with Crippen LogP contribution in [0.25, 0.3) is 0 Å². The van der Waals surface area contributed by atoms with Gasteiger partial charge in [0.25, 0.3) is 0 Å². The highest BCUT2D eigenvalue weighted by Gasteiger charge is 2.22. The Bertz CT molecular complexity index is 393. The molecule has 0 radical (unpaired) electrons. The smallest absolute Gasteiger partial charge is 0.133 e. The van der Waals surface area contributed by atoms with E-state index in [1.54, 1.807) is 7.11 Å². The molecule has 0 bridgehead atoms. The molecular formula is C14H22BrNO2. The van der Waals surface area contributed by atoms with Crippen molar-refractivity contribution in [1.29, 1.82) is 0 Å². The molecule has 1 aromatic carbocycles. The molecule has 0 saturated carbocycles. The van der Waals surface area contributed by atoms with Gasteiger partial charge in [-0.2, -0.15) is 0 Å². The Morgan fingerprint density at radius 2 is 2.06 bits per heavy atom. The lowest BCUT2D eigenvalue weighted by Crippen LogP contribution is -2.41. The number of benzene rings is 1. The number of rotatable bonds is 6. The second kappa shape index (κ2) is 6.55. The highest BCUT2D eigenvalue weighted by atomic mass is 79.9. The van der Waals surface area contributed by atoms with Crippen molar-refractivity contribution in [1.82, 2.24) is 4.90 Å². The summed E-state index contributed by atoms with van der Waals surface area (Å²) in [6, 6.07) is 6.10. The van der Waals surface area contributed by atoms with Crippen LogP contribution < -0.4 is 4.74 Å². The van der Waals surface area contributed by atoms with Crippen LogP contribution in [0.1, 0.15) is 25.8 Å². The Balaban J connectivity index is 2.76. The molecule has 1 N–H and O–H groups in total. The third-order valence-electron chi connectivity index (χ3n) is 3.39. The number of nitrogens with zero attached hydrogens (tertiary/aromatic N) is 1. The van der Waals surface area contributed by atoms with Crippen molar-refractivity contribution >= 4 is 15.9 Å². The van der Waals surface area contributed by atoms with E-state index in [0.29, 0.717) is 0 Å². The molecule has 0 fully saturated rings. The first-order valence-corrected chi connectivity index (χ1v) is 6.84. The Kier molecular flexibility index (Phi) is 5.63. The number of ether oxygens (including phenoxy) is 1. The minimum atomic E-state index is -0.0127. The van der Waals surface area contributed by atoms with E-state index in [-0.39, 0.29) is 12.1 Å². The van der Waals surface area contributed by atoms with E-state index < -0.39 is 0 Å². The molecule has 0 spiro atoms. The minimum absolute atomic E-state index is 0.0127. The average Bonchev–Trinajstić information content (AvgIpc) is 2.29. The van der Waals surface area contributed by atoms with Gasteiger partial charge >= 0.3 is 0 Å². The van der Waals surface area contributed by atoms with Crippen LogP contribution in [0.15, 0.2) is 22.7 Å². The highest BCUT2D eigenvalue weighted by molar-refractivity contribution is 9.10. The summed E-state index contributed by atoms with van der Waals surface area (Å²) in [6.07, 6.45) is 0.765. The fourth-order valence-corrected chi connectivity index (χ4v) is 2.35. The molecule has 0 saturated heterocycles. The molecule has 0 amide bonds. The molecular weight excluding hydrogens is 294 g/mol. The average molecular weight is 316 g/mol. The number of methoxy groups -OCH3 is 1. The lowest BCUT2D eigenvalue weighted by Gasteiger charge is -2.35. The molecule has 0 aliphatic carbocycles. The first kappa shape index (κ1) is 15.5. The van der Waals surface area contributed by atoms with Gasteiger partial charge in [-0.25, -0.2) is 0 Å². The van der Waals surface area contributed by atoms with E-state index >= 15 is 0 Å². The maximum Gasteiger partial charge on any atom is 0.133 e. The van der Waals surface area contributed by atoms with Crippen LogP contribution in [0.3, 0.4) is 0 Å². The molecule has 18 heavy (non-hydrogen) atoms. The second-order valence-corrected chi connectivity index (χ2v) is 5.97. The van der Waals surface area contributed by atoms with Crippen molar-refractivity contribution in [2.24, 2.45) is 0 Å². The number of aliphatic hydroxyl groups excluding tert-OH is 1. The Labute approximate surface area is 118 Å².